The number of ether oxygens (including phenoxy) is 1. The Morgan fingerprint density at radius 3 is 2.57 bits per heavy atom. The number of hydrogen-bond donors (Lipinski definition) is 0. The monoisotopic (exact) mass is 416 g/mol. The maximum Gasteiger partial charge on any atom is 0.333 e. The standard InChI is InChI=1S/C25H40N2O3/c1-18-8-9-21(16-23-20(3)24(28)17-22(18)23)19(2)25(29)30-15-7-5-6-10-27-13-11-26(4)12-14-27/h18,21-22H,2,5-17H2,1,3-4H3/t18-,21?,22-/m1/s1. The van der Waals surface area contributed by atoms with Gasteiger partial charge in [0.25, 0.3) is 0 Å². The van der Waals surface area contributed by atoms with E-state index in [2.05, 4.69) is 30.4 Å². The molecule has 5 heteroatoms. The van der Waals surface area contributed by atoms with Crippen LogP contribution in [-0.4, -0.2) is 67.9 Å². The van der Waals surface area contributed by atoms with Crippen LogP contribution in [-0.2, 0) is 14.3 Å². The highest BCUT2D eigenvalue weighted by atomic mass is 16.5. The molecule has 3 atom stereocenters. The Hall–Kier alpha value is -1.46. The molecule has 0 amide bonds. The van der Waals surface area contributed by atoms with Gasteiger partial charge in [-0.2, -0.15) is 0 Å². The molecule has 0 aromatic carbocycles. The van der Waals surface area contributed by atoms with Gasteiger partial charge in [0, 0.05) is 38.2 Å². The third-order valence-corrected chi connectivity index (χ3v) is 7.58. The van der Waals surface area contributed by atoms with Crippen LogP contribution >= 0.6 is 0 Å². The van der Waals surface area contributed by atoms with Gasteiger partial charge in [-0.3, -0.25) is 4.79 Å². The van der Waals surface area contributed by atoms with Crippen molar-refractivity contribution in [2.75, 3.05) is 46.4 Å². The summed E-state index contributed by atoms with van der Waals surface area (Å²) >= 11 is 0. The summed E-state index contributed by atoms with van der Waals surface area (Å²) in [6.45, 7) is 14.5. The van der Waals surface area contributed by atoms with Gasteiger partial charge >= 0.3 is 5.97 Å². The highest BCUT2D eigenvalue weighted by Gasteiger charge is 2.38. The highest BCUT2D eigenvalue weighted by molar-refractivity contribution is 5.98. The fourth-order valence-electron chi connectivity index (χ4n) is 5.22. The van der Waals surface area contributed by atoms with Gasteiger partial charge in [-0.25, -0.2) is 4.79 Å². The Labute approximate surface area is 182 Å². The lowest BCUT2D eigenvalue weighted by Gasteiger charge is -2.32. The van der Waals surface area contributed by atoms with Crippen LogP contribution in [0.4, 0.5) is 0 Å². The highest BCUT2D eigenvalue weighted by Crippen LogP contribution is 2.45. The average Bonchev–Trinajstić information content (AvgIpc) is 2.91. The summed E-state index contributed by atoms with van der Waals surface area (Å²) in [6.07, 6.45) is 6.61. The number of allylic oxidation sites excluding steroid dienone is 2. The van der Waals surface area contributed by atoms with E-state index in [9.17, 15) is 9.59 Å². The van der Waals surface area contributed by atoms with Gasteiger partial charge in [-0.05, 0) is 82.4 Å². The van der Waals surface area contributed by atoms with E-state index in [1.165, 1.54) is 5.57 Å². The first kappa shape index (κ1) is 23.2. The van der Waals surface area contributed by atoms with Crippen molar-refractivity contribution < 1.29 is 14.3 Å². The van der Waals surface area contributed by atoms with Gasteiger partial charge in [0.05, 0.1) is 6.61 Å². The molecule has 0 bridgehead atoms. The van der Waals surface area contributed by atoms with E-state index in [1.54, 1.807) is 0 Å². The number of hydrogen-bond acceptors (Lipinski definition) is 5. The third-order valence-electron chi connectivity index (χ3n) is 7.58. The van der Waals surface area contributed by atoms with Gasteiger partial charge in [-0.15, -0.1) is 0 Å². The molecule has 1 unspecified atom stereocenters. The van der Waals surface area contributed by atoms with Crippen LogP contribution in [0.15, 0.2) is 23.3 Å². The van der Waals surface area contributed by atoms with Gasteiger partial charge in [0.15, 0.2) is 5.78 Å². The second-order valence-electron chi connectivity index (χ2n) is 9.71. The van der Waals surface area contributed by atoms with Crippen molar-refractivity contribution in [1.82, 2.24) is 9.80 Å². The van der Waals surface area contributed by atoms with Crippen LogP contribution in [0.3, 0.4) is 0 Å². The number of fused-ring (bicyclic) bond motifs is 1. The summed E-state index contributed by atoms with van der Waals surface area (Å²) in [4.78, 5) is 29.6. The van der Waals surface area contributed by atoms with E-state index in [4.69, 9.17) is 4.74 Å². The van der Waals surface area contributed by atoms with Crippen LogP contribution < -0.4 is 0 Å². The van der Waals surface area contributed by atoms with Crippen LogP contribution in [0.5, 0.6) is 0 Å². The lowest BCUT2D eigenvalue weighted by Crippen LogP contribution is -2.44. The average molecular weight is 417 g/mol. The number of Topliss-reactive ketones (excluding diaryl/α,β-unsaturated/α-hetero) is 1. The van der Waals surface area contributed by atoms with Crippen molar-refractivity contribution in [1.29, 1.82) is 0 Å². The molecule has 2 fully saturated rings. The number of unbranched alkanes of at least 4 members (excludes halogenated alkanes) is 2. The Morgan fingerprint density at radius 2 is 1.83 bits per heavy atom. The van der Waals surface area contributed by atoms with Crippen molar-refractivity contribution >= 4 is 11.8 Å². The molecule has 1 heterocycles. The zero-order valence-electron chi connectivity index (χ0n) is 19.3. The number of carbonyl (C=O) groups is 2. The quantitative estimate of drug-likeness (QED) is 0.342. The molecule has 30 heavy (non-hydrogen) atoms. The molecule has 0 radical (unpaired) electrons. The van der Waals surface area contributed by atoms with E-state index in [-0.39, 0.29) is 17.7 Å². The Bertz CT molecular complexity index is 676. The molecule has 5 nitrogen and oxygen atoms in total. The van der Waals surface area contributed by atoms with Crippen LogP contribution in [0.1, 0.15) is 58.8 Å². The van der Waals surface area contributed by atoms with Gasteiger partial charge < -0.3 is 14.5 Å². The zero-order chi connectivity index (χ0) is 21.7. The SMILES string of the molecule is C=C(C(=O)OCCCCCN1CCN(C)CC1)C1CC[C@@H](C)[C@H]2CC(=O)C(C)=C2C1. The molecule has 1 saturated carbocycles. The van der Waals surface area contributed by atoms with E-state index in [1.807, 2.05) is 6.92 Å². The lowest BCUT2D eigenvalue weighted by atomic mass is 9.86. The van der Waals surface area contributed by atoms with Crippen molar-refractivity contribution in [3.05, 3.63) is 23.3 Å². The van der Waals surface area contributed by atoms with Gasteiger partial charge in [0.2, 0.25) is 0 Å². The van der Waals surface area contributed by atoms with E-state index in [0.717, 1.165) is 76.8 Å². The number of rotatable bonds is 8. The molecule has 1 saturated heterocycles. The number of ketones is 1. The molecule has 2 aliphatic carbocycles. The maximum atomic E-state index is 12.6. The Kier molecular flexibility index (Phi) is 8.29. The number of likely N-dealkylation sites (N-methyl/N-ethyl adjacent to an activating group) is 1. The molecule has 168 valence electrons. The Morgan fingerprint density at radius 1 is 1.10 bits per heavy atom. The second kappa shape index (κ2) is 10.7. The normalized spacial score (nSPS) is 28.4. The summed E-state index contributed by atoms with van der Waals surface area (Å²) < 4.78 is 5.55. The van der Waals surface area contributed by atoms with Crippen molar-refractivity contribution in [2.24, 2.45) is 17.8 Å². The van der Waals surface area contributed by atoms with Crippen LogP contribution in [0.2, 0.25) is 0 Å². The summed E-state index contributed by atoms with van der Waals surface area (Å²) in [5, 5.41) is 0. The van der Waals surface area contributed by atoms with Crippen molar-refractivity contribution in [3.8, 4) is 0 Å². The lowest BCUT2D eigenvalue weighted by molar-refractivity contribution is -0.139. The first-order chi connectivity index (χ1) is 14.4. The number of esters is 1. The molecule has 0 aromatic heterocycles. The Balaban J connectivity index is 1.37. The van der Waals surface area contributed by atoms with Crippen molar-refractivity contribution in [2.45, 2.75) is 58.8 Å². The smallest absolute Gasteiger partial charge is 0.333 e. The van der Waals surface area contributed by atoms with Gasteiger partial charge in [-0.1, -0.05) is 19.1 Å². The number of carbonyl (C=O) groups excluding carboxylic acids is 2. The third kappa shape index (κ3) is 5.82. The van der Waals surface area contributed by atoms with Crippen molar-refractivity contribution in [3.63, 3.8) is 0 Å². The first-order valence-corrected chi connectivity index (χ1v) is 11.9. The van der Waals surface area contributed by atoms with Crippen LogP contribution in [0, 0.1) is 17.8 Å². The van der Waals surface area contributed by atoms with E-state index >= 15 is 0 Å². The number of piperazine rings is 1. The number of nitrogens with zero attached hydrogens (tertiary/aromatic N) is 2. The summed E-state index contributed by atoms with van der Waals surface area (Å²) in [5.41, 5.74) is 2.80. The summed E-state index contributed by atoms with van der Waals surface area (Å²) in [6, 6.07) is 0. The fraction of sp³-hybridized carbons (Fsp3) is 0.760. The molecule has 0 aromatic rings. The maximum absolute atomic E-state index is 12.6. The molecule has 0 N–H and O–H groups in total. The minimum atomic E-state index is -0.243. The fourth-order valence-corrected chi connectivity index (χ4v) is 5.22. The molecule has 0 spiro atoms. The molecular weight excluding hydrogens is 376 g/mol. The molecular formula is C25H40N2O3. The minimum absolute atomic E-state index is 0.109. The first-order valence-electron chi connectivity index (χ1n) is 11.9. The largest absolute Gasteiger partial charge is 0.462 e. The summed E-state index contributed by atoms with van der Waals surface area (Å²) in [5.74, 6) is 1.01. The molecule has 1 aliphatic heterocycles. The summed E-state index contributed by atoms with van der Waals surface area (Å²) in [7, 11) is 2.18. The molecule has 3 rings (SSSR count). The second-order valence-corrected chi connectivity index (χ2v) is 9.71. The predicted molar refractivity (Wildman–Crippen MR) is 120 cm³/mol. The van der Waals surface area contributed by atoms with E-state index in [0.29, 0.717) is 30.4 Å². The minimum Gasteiger partial charge on any atom is -0.462 e. The molecule has 3 aliphatic rings. The predicted octanol–water partition coefficient (Wildman–Crippen LogP) is 3.85. The zero-order valence-corrected chi connectivity index (χ0v) is 19.3. The van der Waals surface area contributed by atoms with Crippen LogP contribution in [0.25, 0.3) is 0 Å². The topological polar surface area (TPSA) is 49.9 Å². The van der Waals surface area contributed by atoms with Gasteiger partial charge in [0.1, 0.15) is 0 Å². The van der Waals surface area contributed by atoms with E-state index < -0.39 is 0 Å².